The first-order valence-corrected chi connectivity index (χ1v) is 14.8. The third kappa shape index (κ3) is 7.14. The molecule has 1 fully saturated rings. The fourth-order valence-corrected chi connectivity index (χ4v) is 6.25. The molecule has 4 aromatic rings. The third-order valence-electron chi connectivity index (χ3n) is 7.86. The topological polar surface area (TPSA) is 136 Å². The van der Waals surface area contributed by atoms with Gasteiger partial charge < -0.3 is 25.8 Å². The molecule has 0 saturated carbocycles. The number of phenolic OH excluding ortho intramolecular Hbond substituents is 1. The number of nitrogens with zero attached hydrogens (tertiary/aromatic N) is 2. The van der Waals surface area contributed by atoms with E-state index in [-0.39, 0.29) is 40.2 Å². The van der Waals surface area contributed by atoms with E-state index in [4.69, 9.17) is 4.74 Å². The second-order valence-corrected chi connectivity index (χ2v) is 12.6. The van der Waals surface area contributed by atoms with E-state index in [1.165, 1.54) is 7.11 Å². The molecule has 4 N–H and O–H groups in total. The molecular weight excluding hydrogens is 566 g/mol. The van der Waals surface area contributed by atoms with E-state index in [1.54, 1.807) is 78.9 Å². The van der Waals surface area contributed by atoms with Crippen LogP contribution in [0, 0.1) is 11.3 Å². The Morgan fingerprint density at radius 3 is 2.24 bits per heavy atom. The molecule has 3 aromatic carbocycles. The van der Waals surface area contributed by atoms with Crippen molar-refractivity contribution in [2.45, 2.75) is 57.7 Å². The van der Waals surface area contributed by atoms with Crippen molar-refractivity contribution in [2.24, 2.45) is 0 Å². The number of amides is 2. The first-order chi connectivity index (χ1) is 21.4. The van der Waals surface area contributed by atoms with Crippen LogP contribution in [0.4, 0.5) is 5.82 Å². The Balaban J connectivity index is 1.54. The zero-order chi connectivity index (χ0) is 32.4. The van der Waals surface area contributed by atoms with Gasteiger partial charge in [-0.2, -0.15) is 5.26 Å². The molecule has 1 aliphatic heterocycles. The van der Waals surface area contributed by atoms with Crippen LogP contribution >= 0.6 is 0 Å². The number of carbonyl (C=O) groups excluding carboxylic acids is 2. The minimum absolute atomic E-state index is 0.00552. The first-order valence-electron chi connectivity index (χ1n) is 14.8. The summed E-state index contributed by atoms with van der Waals surface area (Å²) in [7, 11) is 1.54. The Bertz CT molecular complexity index is 1770. The van der Waals surface area contributed by atoms with Crippen molar-refractivity contribution in [3.63, 3.8) is 0 Å². The number of methoxy groups -OCH3 is 1. The van der Waals surface area contributed by atoms with Crippen molar-refractivity contribution in [1.82, 2.24) is 15.6 Å². The van der Waals surface area contributed by atoms with Gasteiger partial charge in [0.15, 0.2) is 5.82 Å². The van der Waals surface area contributed by atoms with Crippen LogP contribution in [-0.4, -0.2) is 46.1 Å². The molecule has 230 valence electrons. The molecule has 0 radical (unpaired) electrons. The number of nitriles is 1. The largest absolute Gasteiger partial charge is 0.507 e. The number of nitrogens with one attached hydrogen (secondary N) is 3. The normalized spacial score (nSPS) is 15.5. The minimum Gasteiger partial charge on any atom is -0.507 e. The van der Waals surface area contributed by atoms with Gasteiger partial charge >= 0.3 is 0 Å². The maximum absolute atomic E-state index is 13.5. The molecule has 0 unspecified atom stereocenters. The number of carbonyl (C=O) groups is 2. The van der Waals surface area contributed by atoms with Crippen molar-refractivity contribution in [1.29, 1.82) is 5.26 Å². The summed E-state index contributed by atoms with van der Waals surface area (Å²) in [6, 6.07) is 24.1. The van der Waals surface area contributed by atoms with Crippen LogP contribution in [0.15, 0.2) is 78.9 Å². The molecular formula is C36H37N5O4. The van der Waals surface area contributed by atoms with E-state index in [0.717, 1.165) is 12.8 Å². The summed E-state index contributed by atoms with van der Waals surface area (Å²) < 4.78 is 5.19. The van der Waals surface area contributed by atoms with Gasteiger partial charge in [-0.05, 0) is 101 Å². The zero-order valence-electron chi connectivity index (χ0n) is 26.1. The highest BCUT2D eigenvalue weighted by Crippen LogP contribution is 2.36. The van der Waals surface area contributed by atoms with Gasteiger partial charge in [0, 0.05) is 39.4 Å². The average Bonchev–Trinajstić information content (AvgIpc) is 2.99. The van der Waals surface area contributed by atoms with Crippen molar-refractivity contribution in [2.75, 3.05) is 12.4 Å². The van der Waals surface area contributed by atoms with Gasteiger partial charge in [0.25, 0.3) is 11.8 Å². The SMILES string of the molecule is COc1ccc(C(=O)Nc2nc(-c3ccccc3O)cc(-c3cccc(C(=O)NC4CC(C)(C)NC(C)(C)C4)c3)c2C#N)cc1. The van der Waals surface area contributed by atoms with E-state index >= 15 is 0 Å². The summed E-state index contributed by atoms with van der Waals surface area (Å²) in [4.78, 5) is 31.4. The lowest BCUT2D eigenvalue weighted by atomic mass is 9.79. The molecule has 0 bridgehead atoms. The van der Waals surface area contributed by atoms with E-state index in [2.05, 4.69) is 54.7 Å². The molecule has 2 amide bonds. The molecule has 9 nitrogen and oxygen atoms in total. The maximum atomic E-state index is 13.5. The van der Waals surface area contributed by atoms with E-state index in [1.807, 2.05) is 0 Å². The van der Waals surface area contributed by atoms with Gasteiger partial charge in [-0.15, -0.1) is 0 Å². The standard InChI is InChI=1S/C36H37N5O4/c1-35(2)19-25(20-36(3,4)41-35)38-34(44)24-10-8-9-23(17-24)28-18-30(27-11-6-7-12-31(27)42)39-32(29(28)21-37)40-33(43)22-13-15-26(45-5)16-14-22/h6-18,25,41-42H,19-20H2,1-5H3,(H,38,44)(H,39,40,43). The lowest BCUT2D eigenvalue weighted by Gasteiger charge is -2.46. The zero-order valence-corrected chi connectivity index (χ0v) is 26.1. The van der Waals surface area contributed by atoms with Gasteiger partial charge in [-0.25, -0.2) is 4.98 Å². The van der Waals surface area contributed by atoms with Crippen LogP contribution in [0.3, 0.4) is 0 Å². The van der Waals surface area contributed by atoms with Crippen LogP contribution in [0.1, 0.15) is 66.8 Å². The Labute approximate surface area is 263 Å². The summed E-state index contributed by atoms with van der Waals surface area (Å²) >= 11 is 0. The van der Waals surface area contributed by atoms with Gasteiger partial charge in [0.1, 0.15) is 23.1 Å². The third-order valence-corrected chi connectivity index (χ3v) is 7.86. The van der Waals surface area contributed by atoms with Gasteiger partial charge in [0.05, 0.1) is 12.8 Å². The number of para-hydroxylation sites is 1. The molecule has 1 aromatic heterocycles. The number of hydrogen-bond acceptors (Lipinski definition) is 7. The number of phenols is 1. The van der Waals surface area contributed by atoms with Crippen molar-refractivity contribution in [3.8, 4) is 40.0 Å². The molecule has 9 heteroatoms. The number of hydrogen-bond donors (Lipinski definition) is 4. The maximum Gasteiger partial charge on any atom is 0.256 e. The van der Waals surface area contributed by atoms with Crippen LogP contribution in [0.2, 0.25) is 0 Å². The monoisotopic (exact) mass is 603 g/mol. The number of rotatable bonds is 7. The summed E-state index contributed by atoms with van der Waals surface area (Å²) in [6.07, 6.45) is 1.57. The van der Waals surface area contributed by atoms with E-state index in [9.17, 15) is 20.0 Å². The molecule has 45 heavy (non-hydrogen) atoms. The number of ether oxygens (including phenoxy) is 1. The van der Waals surface area contributed by atoms with E-state index < -0.39 is 5.91 Å². The second kappa shape index (κ2) is 12.4. The summed E-state index contributed by atoms with van der Waals surface area (Å²) in [6.45, 7) is 8.53. The Morgan fingerprint density at radius 2 is 1.60 bits per heavy atom. The molecule has 2 heterocycles. The van der Waals surface area contributed by atoms with Crippen LogP contribution in [0.5, 0.6) is 11.5 Å². The predicted molar refractivity (Wildman–Crippen MR) is 174 cm³/mol. The van der Waals surface area contributed by atoms with Crippen LogP contribution < -0.4 is 20.7 Å². The smallest absolute Gasteiger partial charge is 0.256 e. The molecule has 5 rings (SSSR count). The minimum atomic E-state index is -0.469. The van der Waals surface area contributed by atoms with Crippen molar-refractivity contribution >= 4 is 17.6 Å². The lowest BCUT2D eigenvalue weighted by Crippen LogP contribution is -2.62. The molecule has 1 aliphatic rings. The molecule has 0 aliphatic carbocycles. The Hall–Kier alpha value is -5.20. The highest BCUT2D eigenvalue weighted by molar-refractivity contribution is 6.05. The number of pyridine rings is 1. The van der Waals surface area contributed by atoms with Crippen LogP contribution in [-0.2, 0) is 0 Å². The molecule has 1 saturated heterocycles. The Kier molecular flexibility index (Phi) is 8.62. The summed E-state index contributed by atoms with van der Waals surface area (Å²) in [5.74, 6) is -0.0558. The van der Waals surface area contributed by atoms with E-state index in [0.29, 0.717) is 39.3 Å². The van der Waals surface area contributed by atoms with Crippen molar-refractivity contribution in [3.05, 3.63) is 95.6 Å². The quantitative estimate of drug-likeness (QED) is 0.195. The van der Waals surface area contributed by atoms with Crippen molar-refractivity contribution < 1.29 is 19.4 Å². The van der Waals surface area contributed by atoms with Crippen LogP contribution in [0.25, 0.3) is 22.4 Å². The fourth-order valence-electron chi connectivity index (χ4n) is 6.25. The van der Waals surface area contributed by atoms with Gasteiger partial charge in [0.2, 0.25) is 0 Å². The van der Waals surface area contributed by atoms with Gasteiger partial charge in [-0.1, -0.05) is 24.3 Å². The number of aromatic hydroxyl groups is 1. The highest BCUT2D eigenvalue weighted by Gasteiger charge is 2.38. The predicted octanol–water partition coefficient (Wildman–Crippen LogP) is 6.29. The van der Waals surface area contributed by atoms with Gasteiger partial charge in [-0.3, -0.25) is 9.59 Å². The fraction of sp³-hybridized carbons (Fsp3) is 0.278. The summed E-state index contributed by atoms with van der Waals surface area (Å²) in [5.41, 5.74) is 2.45. The number of aromatic nitrogens is 1. The first kappa shape index (κ1) is 31.2. The molecule has 0 atom stereocenters. The number of anilines is 1. The Morgan fingerprint density at radius 1 is 0.911 bits per heavy atom. The lowest BCUT2D eigenvalue weighted by molar-refractivity contribution is 0.0872. The average molecular weight is 604 g/mol. The number of piperidine rings is 1. The molecule has 0 spiro atoms. The number of benzene rings is 3. The highest BCUT2D eigenvalue weighted by atomic mass is 16.5. The second-order valence-electron chi connectivity index (χ2n) is 12.6. The summed E-state index contributed by atoms with van der Waals surface area (Å²) in [5, 5.41) is 30.6.